The van der Waals surface area contributed by atoms with Crippen molar-refractivity contribution in [3.05, 3.63) is 59.2 Å². The van der Waals surface area contributed by atoms with Gasteiger partial charge < -0.3 is 9.64 Å². The second-order valence-corrected chi connectivity index (χ2v) is 9.50. The molecule has 0 amide bonds. The molecule has 1 aliphatic carbocycles. The lowest BCUT2D eigenvalue weighted by atomic mass is 10.1. The fraction of sp³-hybridized carbons (Fsp3) is 0.400. The largest absolute Gasteiger partial charge is 0.366 e. The second kappa shape index (κ2) is 9.02. The van der Waals surface area contributed by atoms with E-state index in [4.69, 9.17) is 4.74 Å². The molecule has 37 heavy (non-hydrogen) atoms. The van der Waals surface area contributed by atoms with E-state index in [1.807, 2.05) is 4.90 Å². The van der Waals surface area contributed by atoms with E-state index in [9.17, 15) is 17.6 Å². The number of aryl methyl sites for hydroxylation is 2. The molecular weight excluding hydrogens is 490 g/mol. The molecule has 192 valence electrons. The number of hydrogen-bond donors (Lipinski definition) is 0. The predicted molar refractivity (Wildman–Crippen MR) is 126 cm³/mol. The maximum Gasteiger partial charge on any atom is 0.333 e. The van der Waals surface area contributed by atoms with E-state index in [1.54, 1.807) is 13.8 Å². The minimum Gasteiger partial charge on any atom is -0.366 e. The monoisotopic (exact) mass is 513 g/mol. The minimum atomic E-state index is -2.75. The number of morpholine rings is 1. The minimum absolute atomic E-state index is 0.0781. The lowest BCUT2D eigenvalue weighted by Gasteiger charge is -2.38. The van der Waals surface area contributed by atoms with Crippen molar-refractivity contribution in [3.8, 4) is 11.3 Å². The van der Waals surface area contributed by atoms with Gasteiger partial charge in [-0.05, 0) is 44.7 Å². The van der Waals surface area contributed by atoms with Gasteiger partial charge in [-0.15, -0.1) is 0 Å². The van der Waals surface area contributed by atoms with Crippen molar-refractivity contribution in [3.63, 3.8) is 0 Å². The maximum atomic E-state index is 14.9. The summed E-state index contributed by atoms with van der Waals surface area (Å²) in [5, 5.41) is 3.75. The van der Waals surface area contributed by atoms with E-state index >= 15 is 0 Å². The third-order valence-electron chi connectivity index (χ3n) is 6.87. The molecule has 0 spiro atoms. The van der Waals surface area contributed by atoms with Crippen molar-refractivity contribution < 1.29 is 22.3 Å². The molecule has 0 bridgehead atoms. The average Bonchev–Trinajstić information content (AvgIpc) is 3.60. The zero-order chi connectivity index (χ0) is 25.8. The second-order valence-electron chi connectivity index (χ2n) is 9.50. The molecule has 2 atom stereocenters. The van der Waals surface area contributed by atoms with Gasteiger partial charge in [-0.1, -0.05) is 0 Å². The number of hydrogen-bond acceptors (Lipinski definition) is 7. The highest BCUT2D eigenvalue weighted by Gasteiger charge is 2.40. The van der Waals surface area contributed by atoms with Crippen LogP contribution in [0.15, 0.2) is 30.6 Å². The first-order chi connectivity index (χ1) is 17.8. The van der Waals surface area contributed by atoms with Gasteiger partial charge in [0.05, 0.1) is 30.2 Å². The van der Waals surface area contributed by atoms with E-state index in [0.717, 1.165) is 25.0 Å². The van der Waals surface area contributed by atoms with Gasteiger partial charge in [0.25, 0.3) is 0 Å². The van der Waals surface area contributed by atoms with Crippen LogP contribution in [-0.4, -0.2) is 48.9 Å². The molecule has 6 rings (SSSR count). The topological polar surface area (TPSA) is 81.9 Å². The summed E-state index contributed by atoms with van der Waals surface area (Å²) in [6, 6.07) is 3.28. The van der Waals surface area contributed by atoms with Crippen LogP contribution in [0.4, 0.5) is 23.5 Å². The van der Waals surface area contributed by atoms with Gasteiger partial charge in [0.2, 0.25) is 5.95 Å². The molecule has 1 aliphatic heterocycles. The zero-order valence-corrected chi connectivity index (χ0v) is 20.1. The van der Waals surface area contributed by atoms with E-state index in [2.05, 4.69) is 25.0 Å². The van der Waals surface area contributed by atoms with Gasteiger partial charge in [0.15, 0.2) is 5.65 Å². The molecule has 2 aliphatic rings. The molecule has 0 N–H and O–H groups in total. The molecule has 0 radical (unpaired) electrons. The van der Waals surface area contributed by atoms with Crippen LogP contribution in [0.3, 0.4) is 0 Å². The van der Waals surface area contributed by atoms with Crippen molar-refractivity contribution in [1.29, 1.82) is 0 Å². The summed E-state index contributed by atoms with van der Waals surface area (Å²) >= 11 is 0. The van der Waals surface area contributed by atoms with Crippen LogP contribution in [-0.2, 0) is 4.74 Å². The highest BCUT2D eigenvalue weighted by atomic mass is 19.3. The number of anilines is 1. The van der Waals surface area contributed by atoms with Gasteiger partial charge in [0, 0.05) is 29.9 Å². The SMILES string of the molecule is Cc1nc2nc(N3C[C@H](c4cnn(C(F)F)c4)O[C@@H](C4CC4)C3)nc(-c3ccc(F)cc3F)c2nc1C. The Balaban J connectivity index is 1.45. The zero-order valence-electron chi connectivity index (χ0n) is 20.1. The lowest BCUT2D eigenvalue weighted by molar-refractivity contribution is -0.0391. The number of aromatic nitrogens is 6. The summed E-state index contributed by atoms with van der Waals surface area (Å²) in [6.45, 7) is 1.57. The van der Waals surface area contributed by atoms with Gasteiger partial charge in [-0.25, -0.2) is 28.4 Å². The summed E-state index contributed by atoms with van der Waals surface area (Å²) in [4.78, 5) is 20.4. The highest BCUT2D eigenvalue weighted by Crippen LogP contribution is 2.40. The molecule has 1 saturated carbocycles. The Morgan fingerprint density at radius 3 is 2.49 bits per heavy atom. The quantitative estimate of drug-likeness (QED) is 0.350. The van der Waals surface area contributed by atoms with Crippen LogP contribution in [0.25, 0.3) is 22.4 Å². The molecule has 4 heterocycles. The van der Waals surface area contributed by atoms with Gasteiger partial charge in [-0.3, -0.25) is 0 Å². The van der Waals surface area contributed by atoms with Crippen LogP contribution < -0.4 is 4.90 Å². The lowest BCUT2D eigenvalue weighted by Crippen LogP contribution is -2.45. The summed E-state index contributed by atoms with van der Waals surface area (Å²) in [7, 11) is 0. The Hall–Kier alpha value is -3.67. The van der Waals surface area contributed by atoms with Crippen molar-refractivity contribution >= 4 is 17.1 Å². The van der Waals surface area contributed by atoms with Gasteiger partial charge >= 0.3 is 6.55 Å². The molecule has 2 fully saturated rings. The molecular formula is C25H23F4N7O. The van der Waals surface area contributed by atoms with E-state index in [-0.39, 0.29) is 35.5 Å². The smallest absolute Gasteiger partial charge is 0.333 e. The Morgan fingerprint density at radius 2 is 1.78 bits per heavy atom. The number of nitrogens with zero attached hydrogens (tertiary/aromatic N) is 7. The standard InChI is InChI=1S/C25H23F4N7O/c1-12-13(2)32-23-22(31-12)21(17-6-5-16(26)7-18(17)27)33-25(34-23)35-10-19(14-3-4-14)37-20(11-35)15-8-30-36(9-15)24(28)29/h5-9,14,19-20,24H,3-4,10-11H2,1-2H3/t19-,20-/m1/s1. The average molecular weight is 513 g/mol. The first-order valence-corrected chi connectivity index (χ1v) is 12.0. The molecule has 0 unspecified atom stereocenters. The summed E-state index contributed by atoms with van der Waals surface area (Å²) in [6.07, 6.45) is 3.98. The van der Waals surface area contributed by atoms with Crippen LogP contribution in [0, 0.1) is 31.4 Å². The molecule has 12 heteroatoms. The van der Waals surface area contributed by atoms with Crippen molar-refractivity contribution in [2.45, 2.75) is 45.4 Å². The third-order valence-corrected chi connectivity index (χ3v) is 6.87. The normalized spacial score (nSPS) is 20.2. The van der Waals surface area contributed by atoms with E-state index in [0.29, 0.717) is 39.6 Å². The van der Waals surface area contributed by atoms with Crippen LogP contribution in [0.2, 0.25) is 0 Å². The molecule has 4 aromatic rings. The number of ether oxygens (including phenoxy) is 1. The third kappa shape index (κ3) is 4.50. The predicted octanol–water partition coefficient (Wildman–Crippen LogP) is 4.93. The van der Waals surface area contributed by atoms with Crippen LogP contribution >= 0.6 is 0 Å². The Bertz CT molecular complexity index is 1490. The van der Waals surface area contributed by atoms with Crippen molar-refractivity contribution in [2.24, 2.45) is 5.92 Å². The fourth-order valence-electron chi connectivity index (χ4n) is 4.60. The molecule has 8 nitrogen and oxygen atoms in total. The first kappa shape index (κ1) is 23.7. The van der Waals surface area contributed by atoms with E-state index < -0.39 is 24.3 Å². The fourth-order valence-corrected chi connectivity index (χ4v) is 4.60. The summed E-state index contributed by atoms with van der Waals surface area (Å²) in [5.41, 5.74) is 2.69. The van der Waals surface area contributed by atoms with Crippen LogP contribution in [0.5, 0.6) is 0 Å². The Morgan fingerprint density at radius 1 is 1.00 bits per heavy atom. The number of halogens is 4. The number of benzene rings is 1. The highest BCUT2D eigenvalue weighted by molar-refractivity contribution is 5.88. The van der Waals surface area contributed by atoms with Gasteiger partial charge in [-0.2, -0.15) is 18.9 Å². The first-order valence-electron chi connectivity index (χ1n) is 12.0. The maximum absolute atomic E-state index is 14.9. The molecule has 1 aromatic carbocycles. The summed E-state index contributed by atoms with van der Waals surface area (Å²) in [5.74, 6) is -0.856. The van der Waals surface area contributed by atoms with Crippen molar-refractivity contribution in [2.75, 3.05) is 18.0 Å². The van der Waals surface area contributed by atoms with Gasteiger partial charge in [0.1, 0.15) is 28.9 Å². The van der Waals surface area contributed by atoms with Crippen molar-refractivity contribution in [1.82, 2.24) is 29.7 Å². The molecule has 3 aromatic heterocycles. The number of alkyl halides is 2. The Kier molecular flexibility index (Phi) is 5.78. The van der Waals surface area contributed by atoms with E-state index in [1.165, 1.54) is 18.5 Å². The Labute approximate surface area is 209 Å². The van der Waals surface area contributed by atoms with Crippen LogP contribution in [0.1, 0.15) is 42.4 Å². The summed E-state index contributed by atoms with van der Waals surface area (Å²) < 4.78 is 61.7. The number of rotatable bonds is 5. The molecule has 1 saturated heterocycles. The number of fused-ring (bicyclic) bond motifs is 1.